The van der Waals surface area contributed by atoms with E-state index in [9.17, 15) is 0 Å². The molecule has 0 aliphatic heterocycles. The predicted octanol–water partition coefficient (Wildman–Crippen LogP) is 2.99. The number of hydrogen-bond acceptors (Lipinski definition) is 2. The third kappa shape index (κ3) is 12.4. The van der Waals surface area contributed by atoms with Gasteiger partial charge in [-0.25, -0.2) is 0 Å². The molecule has 0 aliphatic carbocycles. The van der Waals surface area contributed by atoms with Gasteiger partial charge in [-0.1, -0.05) is 15.9 Å². The second kappa shape index (κ2) is 7.77. The summed E-state index contributed by atoms with van der Waals surface area (Å²) in [5.41, 5.74) is -0.0424. The van der Waals surface area contributed by atoms with Crippen LogP contribution in [-0.4, -0.2) is 30.8 Å². The fraction of sp³-hybridized carbons (Fsp3) is 1.00. The summed E-state index contributed by atoms with van der Waals surface area (Å²) in [5.74, 6) is 0. The largest absolute Gasteiger partial charge is 0.379 e. The van der Waals surface area contributed by atoms with Crippen LogP contribution in [0.25, 0.3) is 0 Å². The normalized spacial score (nSPS) is 12.0. The van der Waals surface area contributed by atoms with E-state index in [0.29, 0.717) is 13.2 Å². The van der Waals surface area contributed by atoms with Crippen LogP contribution in [0.4, 0.5) is 0 Å². The Kier molecular flexibility index (Phi) is 8.01. The lowest BCUT2D eigenvalue weighted by molar-refractivity contribution is -0.0350. The molecule has 0 aliphatic rings. The first-order chi connectivity index (χ1) is 6.06. The van der Waals surface area contributed by atoms with E-state index in [1.54, 1.807) is 0 Å². The molecule has 80 valence electrons. The van der Waals surface area contributed by atoms with Gasteiger partial charge in [0, 0.05) is 11.9 Å². The lowest BCUT2D eigenvalue weighted by atomic mass is 10.2. The van der Waals surface area contributed by atoms with Crippen molar-refractivity contribution in [1.29, 1.82) is 0 Å². The molecule has 0 unspecified atom stereocenters. The highest BCUT2D eigenvalue weighted by atomic mass is 79.9. The Balaban J connectivity index is 3.00. The minimum atomic E-state index is -0.0424. The van der Waals surface area contributed by atoms with Crippen molar-refractivity contribution in [3.63, 3.8) is 0 Å². The zero-order chi connectivity index (χ0) is 10.2. The fourth-order valence-electron chi connectivity index (χ4n) is 0.807. The van der Waals surface area contributed by atoms with E-state index in [2.05, 4.69) is 36.7 Å². The lowest BCUT2D eigenvalue weighted by Crippen LogP contribution is -2.21. The van der Waals surface area contributed by atoms with E-state index in [0.717, 1.165) is 18.4 Å². The maximum atomic E-state index is 5.50. The van der Waals surface area contributed by atoms with Crippen LogP contribution in [0.15, 0.2) is 0 Å². The molecule has 13 heavy (non-hydrogen) atoms. The Morgan fingerprint density at radius 3 is 2.23 bits per heavy atom. The van der Waals surface area contributed by atoms with Crippen molar-refractivity contribution in [2.24, 2.45) is 0 Å². The van der Waals surface area contributed by atoms with Crippen LogP contribution in [-0.2, 0) is 9.47 Å². The first kappa shape index (κ1) is 13.4. The highest BCUT2D eigenvalue weighted by Gasteiger charge is 2.08. The van der Waals surface area contributed by atoms with E-state index in [-0.39, 0.29) is 5.60 Å². The van der Waals surface area contributed by atoms with E-state index in [1.165, 1.54) is 6.42 Å². The lowest BCUT2D eigenvalue weighted by Gasteiger charge is -2.19. The molecule has 2 nitrogen and oxygen atoms in total. The molecule has 0 heterocycles. The highest BCUT2D eigenvalue weighted by Crippen LogP contribution is 2.05. The Morgan fingerprint density at radius 1 is 1.00 bits per heavy atom. The second-order valence-corrected chi connectivity index (χ2v) is 4.76. The SMILES string of the molecule is CC(C)(C)OCCOCCCCBr. The van der Waals surface area contributed by atoms with Gasteiger partial charge in [0.05, 0.1) is 18.8 Å². The molecule has 0 atom stereocenters. The second-order valence-electron chi connectivity index (χ2n) is 3.97. The number of halogens is 1. The quantitative estimate of drug-likeness (QED) is 0.513. The third-order valence-electron chi connectivity index (χ3n) is 1.44. The summed E-state index contributed by atoms with van der Waals surface area (Å²) < 4.78 is 10.9. The minimum Gasteiger partial charge on any atom is -0.379 e. The van der Waals surface area contributed by atoms with Crippen molar-refractivity contribution in [3.8, 4) is 0 Å². The summed E-state index contributed by atoms with van der Waals surface area (Å²) in [7, 11) is 0. The molecule has 0 radical (unpaired) electrons. The molecular weight excluding hydrogens is 232 g/mol. The van der Waals surface area contributed by atoms with E-state index < -0.39 is 0 Å². The number of hydrogen-bond donors (Lipinski definition) is 0. The van der Waals surface area contributed by atoms with Gasteiger partial charge in [0.2, 0.25) is 0 Å². The van der Waals surface area contributed by atoms with Gasteiger partial charge in [0.1, 0.15) is 0 Å². The first-order valence-electron chi connectivity index (χ1n) is 4.84. The van der Waals surface area contributed by atoms with E-state index >= 15 is 0 Å². The van der Waals surface area contributed by atoms with Gasteiger partial charge in [0.25, 0.3) is 0 Å². The van der Waals surface area contributed by atoms with Crippen molar-refractivity contribution in [3.05, 3.63) is 0 Å². The Morgan fingerprint density at radius 2 is 1.69 bits per heavy atom. The van der Waals surface area contributed by atoms with Crippen LogP contribution >= 0.6 is 15.9 Å². The monoisotopic (exact) mass is 252 g/mol. The molecule has 0 aromatic rings. The summed E-state index contributed by atoms with van der Waals surface area (Å²) in [4.78, 5) is 0. The van der Waals surface area contributed by atoms with Gasteiger partial charge in [-0.05, 0) is 33.6 Å². The number of rotatable bonds is 7. The van der Waals surface area contributed by atoms with Crippen molar-refractivity contribution in [2.45, 2.75) is 39.2 Å². The summed E-state index contributed by atoms with van der Waals surface area (Å²) in [6.07, 6.45) is 2.31. The van der Waals surface area contributed by atoms with E-state index in [4.69, 9.17) is 9.47 Å². The molecule has 0 aromatic carbocycles. The van der Waals surface area contributed by atoms with Crippen molar-refractivity contribution in [1.82, 2.24) is 0 Å². The van der Waals surface area contributed by atoms with Crippen LogP contribution in [0, 0.1) is 0 Å². The molecule has 0 bridgehead atoms. The minimum absolute atomic E-state index is 0.0424. The van der Waals surface area contributed by atoms with Crippen molar-refractivity contribution in [2.75, 3.05) is 25.2 Å². The highest BCUT2D eigenvalue weighted by molar-refractivity contribution is 9.09. The molecule has 0 aromatic heterocycles. The predicted molar refractivity (Wildman–Crippen MR) is 59.6 cm³/mol. The molecule has 0 spiro atoms. The zero-order valence-electron chi connectivity index (χ0n) is 8.94. The molecule has 0 saturated heterocycles. The molecule has 0 amide bonds. The molecule has 0 fully saturated rings. The number of unbranched alkanes of at least 4 members (excludes halogenated alkanes) is 1. The van der Waals surface area contributed by atoms with Gasteiger partial charge in [-0.3, -0.25) is 0 Å². The summed E-state index contributed by atoms with van der Waals surface area (Å²) >= 11 is 3.38. The fourth-order valence-corrected chi connectivity index (χ4v) is 1.20. The van der Waals surface area contributed by atoms with Gasteiger partial charge < -0.3 is 9.47 Å². The Bertz CT molecular complexity index is 110. The maximum Gasteiger partial charge on any atom is 0.0707 e. The molecule has 3 heteroatoms. The molecular formula is C10H21BrO2. The van der Waals surface area contributed by atoms with Crippen LogP contribution < -0.4 is 0 Å². The van der Waals surface area contributed by atoms with Crippen molar-refractivity contribution < 1.29 is 9.47 Å². The van der Waals surface area contributed by atoms with Crippen LogP contribution in [0.3, 0.4) is 0 Å². The molecule has 0 saturated carbocycles. The summed E-state index contributed by atoms with van der Waals surface area (Å²) in [5, 5.41) is 1.06. The van der Waals surface area contributed by atoms with Gasteiger partial charge in [-0.2, -0.15) is 0 Å². The zero-order valence-corrected chi connectivity index (χ0v) is 10.5. The van der Waals surface area contributed by atoms with Crippen LogP contribution in [0.5, 0.6) is 0 Å². The number of alkyl halides is 1. The van der Waals surface area contributed by atoms with Crippen LogP contribution in [0.2, 0.25) is 0 Å². The first-order valence-corrected chi connectivity index (χ1v) is 5.96. The van der Waals surface area contributed by atoms with Gasteiger partial charge >= 0.3 is 0 Å². The Labute approximate surface area is 90.1 Å². The average molecular weight is 253 g/mol. The van der Waals surface area contributed by atoms with Crippen molar-refractivity contribution >= 4 is 15.9 Å². The smallest absolute Gasteiger partial charge is 0.0707 e. The molecule has 0 N–H and O–H groups in total. The maximum absolute atomic E-state index is 5.50. The van der Waals surface area contributed by atoms with E-state index in [1.807, 2.05) is 0 Å². The van der Waals surface area contributed by atoms with Gasteiger partial charge in [-0.15, -0.1) is 0 Å². The topological polar surface area (TPSA) is 18.5 Å². The van der Waals surface area contributed by atoms with Crippen LogP contribution in [0.1, 0.15) is 33.6 Å². The third-order valence-corrected chi connectivity index (χ3v) is 2.00. The standard InChI is InChI=1S/C10H21BrO2/c1-10(2,3)13-9-8-12-7-5-4-6-11/h4-9H2,1-3H3. The Hall–Kier alpha value is 0.400. The summed E-state index contributed by atoms with van der Waals surface area (Å²) in [6.45, 7) is 8.41. The number of ether oxygens (including phenoxy) is 2. The van der Waals surface area contributed by atoms with Gasteiger partial charge in [0.15, 0.2) is 0 Å². The molecule has 0 rings (SSSR count). The summed E-state index contributed by atoms with van der Waals surface area (Å²) in [6, 6.07) is 0. The average Bonchev–Trinajstić information content (AvgIpc) is 2.01.